The zero-order valence-electron chi connectivity index (χ0n) is 11.3. The largest absolute Gasteiger partial charge is 0.464 e. The Hall–Kier alpha value is -1.63. The van der Waals surface area contributed by atoms with Crippen LogP contribution in [0, 0.1) is 0 Å². The van der Waals surface area contributed by atoms with Gasteiger partial charge >= 0.3 is 5.97 Å². The van der Waals surface area contributed by atoms with Crippen LogP contribution >= 0.6 is 11.8 Å². The Morgan fingerprint density at radius 2 is 1.95 bits per heavy atom. The molecule has 0 aliphatic rings. The van der Waals surface area contributed by atoms with Gasteiger partial charge in [0.25, 0.3) is 0 Å². The minimum atomic E-state index is -0.525. The van der Waals surface area contributed by atoms with Gasteiger partial charge in [0.05, 0.1) is 25.3 Å². The standard InChI is InChI=1S/C12H17N3O3S/c1-4-15(5-2)11(16)8-19-10-7-13-9(6-14-10)12(17)18-3/h6-7H,4-5,8H2,1-3H3. The molecule has 1 heterocycles. The molecule has 0 aliphatic heterocycles. The van der Waals surface area contributed by atoms with E-state index in [2.05, 4.69) is 14.7 Å². The highest BCUT2D eigenvalue weighted by molar-refractivity contribution is 7.99. The van der Waals surface area contributed by atoms with Crippen molar-refractivity contribution in [1.29, 1.82) is 0 Å². The van der Waals surface area contributed by atoms with Crippen LogP contribution in [-0.2, 0) is 9.53 Å². The first-order valence-corrected chi connectivity index (χ1v) is 6.91. The van der Waals surface area contributed by atoms with Crippen LogP contribution in [0.5, 0.6) is 0 Å². The van der Waals surface area contributed by atoms with Gasteiger partial charge in [-0.3, -0.25) is 4.79 Å². The molecule has 1 aromatic heterocycles. The minimum Gasteiger partial charge on any atom is -0.464 e. The fourth-order valence-corrected chi connectivity index (χ4v) is 2.11. The van der Waals surface area contributed by atoms with Gasteiger partial charge in [-0.05, 0) is 13.8 Å². The summed E-state index contributed by atoms with van der Waals surface area (Å²) in [7, 11) is 1.29. The van der Waals surface area contributed by atoms with Gasteiger partial charge in [0.2, 0.25) is 5.91 Å². The summed E-state index contributed by atoms with van der Waals surface area (Å²) < 4.78 is 4.53. The molecule has 7 heteroatoms. The van der Waals surface area contributed by atoms with Gasteiger partial charge in [-0.25, -0.2) is 14.8 Å². The van der Waals surface area contributed by atoms with Gasteiger partial charge in [0, 0.05) is 13.1 Å². The molecule has 104 valence electrons. The molecule has 6 nitrogen and oxygen atoms in total. The molecule has 0 unspecified atom stereocenters. The lowest BCUT2D eigenvalue weighted by Gasteiger charge is -2.17. The summed E-state index contributed by atoms with van der Waals surface area (Å²) in [6, 6.07) is 0. The maximum absolute atomic E-state index is 11.8. The van der Waals surface area contributed by atoms with Crippen molar-refractivity contribution in [1.82, 2.24) is 14.9 Å². The summed E-state index contributed by atoms with van der Waals surface area (Å²) in [5, 5.41) is 0.605. The summed E-state index contributed by atoms with van der Waals surface area (Å²) in [6.45, 7) is 5.28. The number of methoxy groups -OCH3 is 1. The average Bonchev–Trinajstić information content (AvgIpc) is 2.46. The van der Waals surface area contributed by atoms with Crippen molar-refractivity contribution in [3.8, 4) is 0 Å². The molecule has 0 atom stereocenters. The molecule has 0 aromatic carbocycles. The van der Waals surface area contributed by atoms with Crippen molar-refractivity contribution in [2.24, 2.45) is 0 Å². The third-order valence-electron chi connectivity index (χ3n) is 2.48. The van der Waals surface area contributed by atoms with Crippen molar-refractivity contribution in [2.45, 2.75) is 18.9 Å². The quantitative estimate of drug-likeness (QED) is 0.577. The molecule has 1 amide bonds. The lowest BCUT2D eigenvalue weighted by Crippen LogP contribution is -2.31. The van der Waals surface area contributed by atoms with Gasteiger partial charge in [-0.2, -0.15) is 0 Å². The van der Waals surface area contributed by atoms with E-state index in [0.717, 1.165) is 0 Å². The predicted molar refractivity (Wildman–Crippen MR) is 72.0 cm³/mol. The van der Waals surface area contributed by atoms with E-state index in [1.165, 1.54) is 31.3 Å². The molecular weight excluding hydrogens is 266 g/mol. The summed E-state index contributed by atoms with van der Waals surface area (Å²) in [6.07, 6.45) is 2.81. The molecule has 0 saturated carbocycles. The van der Waals surface area contributed by atoms with Gasteiger partial charge < -0.3 is 9.64 Å². The van der Waals surface area contributed by atoms with Crippen LogP contribution in [0.1, 0.15) is 24.3 Å². The van der Waals surface area contributed by atoms with Crippen LogP contribution in [0.3, 0.4) is 0 Å². The van der Waals surface area contributed by atoms with Gasteiger partial charge in [0.1, 0.15) is 5.03 Å². The molecule has 19 heavy (non-hydrogen) atoms. The molecule has 0 N–H and O–H groups in total. The van der Waals surface area contributed by atoms with Gasteiger partial charge in [-0.1, -0.05) is 11.8 Å². The smallest absolute Gasteiger partial charge is 0.358 e. The zero-order chi connectivity index (χ0) is 14.3. The van der Waals surface area contributed by atoms with Gasteiger partial charge in [-0.15, -0.1) is 0 Å². The summed E-state index contributed by atoms with van der Waals surface area (Å²) in [5.41, 5.74) is 0.155. The SMILES string of the molecule is CCN(CC)C(=O)CSc1cnc(C(=O)OC)cn1. The van der Waals surface area contributed by atoms with Crippen LogP contribution < -0.4 is 0 Å². The number of ether oxygens (including phenoxy) is 1. The number of hydrogen-bond acceptors (Lipinski definition) is 6. The number of hydrogen-bond donors (Lipinski definition) is 0. The van der Waals surface area contributed by atoms with Crippen LogP contribution in [-0.4, -0.2) is 52.7 Å². The number of carbonyl (C=O) groups is 2. The van der Waals surface area contributed by atoms with Crippen molar-refractivity contribution in [3.63, 3.8) is 0 Å². The highest BCUT2D eigenvalue weighted by atomic mass is 32.2. The van der Waals surface area contributed by atoms with E-state index in [1.807, 2.05) is 13.8 Å². The van der Waals surface area contributed by atoms with Crippen molar-refractivity contribution < 1.29 is 14.3 Å². The third-order valence-corrected chi connectivity index (χ3v) is 3.38. The van der Waals surface area contributed by atoms with Crippen LogP contribution in [0.2, 0.25) is 0 Å². The lowest BCUT2D eigenvalue weighted by molar-refractivity contribution is -0.127. The maximum atomic E-state index is 11.8. The molecule has 0 bridgehead atoms. The number of nitrogens with zero attached hydrogens (tertiary/aromatic N) is 3. The van der Waals surface area contributed by atoms with E-state index < -0.39 is 5.97 Å². The summed E-state index contributed by atoms with van der Waals surface area (Å²) in [4.78, 5) is 32.7. The number of esters is 1. The Bertz CT molecular complexity index is 432. The number of carbonyl (C=O) groups excluding carboxylic acids is 2. The normalized spacial score (nSPS) is 10.1. The topological polar surface area (TPSA) is 72.4 Å². The number of amides is 1. The van der Waals surface area contributed by atoms with E-state index in [9.17, 15) is 9.59 Å². The van der Waals surface area contributed by atoms with Crippen LogP contribution in [0.15, 0.2) is 17.4 Å². The van der Waals surface area contributed by atoms with E-state index in [4.69, 9.17) is 0 Å². The van der Waals surface area contributed by atoms with Crippen LogP contribution in [0.25, 0.3) is 0 Å². The Morgan fingerprint density at radius 1 is 1.26 bits per heavy atom. The van der Waals surface area contributed by atoms with Crippen LogP contribution in [0.4, 0.5) is 0 Å². The molecule has 0 radical (unpaired) electrons. The molecule has 0 spiro atoms. The van der Waals surface area contributed by atoms with E-state index >= 15 is 0 Å². The van der Waals surface area contributed by atoms with E-state index in [-0.39, 0.29) is 11.6 Å². The fraction of sp³-hybridized carbons (Fsp3) is 0.500. The van der Waals surface area contributed by atoms with Gasteiger partial charge in [0.15, 0.2) is 5.69 Å². The van der Waals surface area contributed by atoms with E-state index in [1.54, 1.807) is 4.90 Å². The second-order valence-electron chi connectivity index (χ2n) is 3.59. The van der Waals surface area contributed by atoms with Crippen molar-refractivity contribution in [3.05, 3.63) is 18.1 Å². The fourth-order valence-electron chi connectivity index (χ4n) is 1.40. The maximum Gasteiger partial charge on any atom is 0.358 e. The number of aromatic nitrogens is 2. The lowest BCUT2D eigenvalue weighted by atomic mass is 10.5. The minimum absolute atomic E-state index is 0.0637. The van der Waals surface area contributed by atoms with Crippen molar-refractivity contribution in [2.75, 3.05) is 26.0 Å². The first-order valence-electron chi connectivity index (χ1n) is 5.93. The zero-order valence-corrected chi connectivity index (χ0v) is 12.1. The molecule has 0 aliphatic carbocycles. The Kier molecular flexibility index (Phi) is 6.27. The van der Waals surface area contributed by atoms with Crippen molar-refractivity contribution >= 4 is 23.6 Å². The Labute approximate surface area is 116 Å². The summed E-state index contributed by atoms with van der Waals surface area (Å²) >= 11 is 1.30. The second-order valence-corrected chi connectivity index (χ2v) is 4.58. The molecule has 1 rings (SSSR count). The highest BCUT2D eigenvalue weighted by Gasteiger charge is 2.11. The Balaban J connectivity index is 2.54. The summed E-state index contributed by atoms with van der Waals surface area (Å²) in [5.74, 6) is -0.148. The third kappa shape index (κ3) is 4.51. The average molecular weight is 283 g/mol. The number of rotatable bonds is 6. The monoisotopic (exact) mass is 283 g/mol. The van der Waals surface area contributed by atoms with E-state index in [0.29, 0.717) is 23.9 Å². The Morgan fingerprint density at radius 3 is 2.42 bits per heavy atom. The number of thioether (sulfide) groups is 1. The molecule has 1 aromatic rings. The predicted octanol–water partition coefficient (Wildman–Crippen LogP) is 1.22. The molecule has 0 fully saturated rings. The highest BCUT2D eigenvalue weighted by Crippen LogP contribution is 2.14. The molecule has 0 saturated heterocycles. The second kappa shape index (κ2) is 7.73. The molecular formula is C12H17N3O3S. The first kappa shape index (κ1) is 15.4. The first-order chi connectivity index (χ1) is 9.12.